The SMILES string of the molecule is Cc1c(Cc2ccc(C(N)=O)c(F)c2)cc2c(c1Cl)OCCNC2=O. The van der Waals surface area contributed by atoms with E-state index in [9.17, 15) is 14.0 Å². The molecule has 0 spiro atoms. The van der Waals surface area contributed by atoms with E-state index in [-0.39, 0.29) is 11.5 Å². The van der Waals surface area contributed by atoms with Gasteiger partial charge in [-0.2, -0.15) is 0 Å². The van der Waals surface area contributed by atoms with Crippen molar-refractivity contribution in [1.29, 1.82) is 0 Å². The number of halogens is 2. The lowest BCUT2D eigenvalue weighted by Gasteiger charge is -2.15. The molecule has 0 fully saturated rings. The summed E-state index contributed by atoms with van der Waals surface area (Å²) in [4.78, 5) is 23.3. The zero-order valence-corrected chi connectivity index (χ0v) is 14.2. The first kappa shape index (κ1) is 17.2. The lowest BCUT2D eigenvalue weighted by molar-refractivity contribution is 0.0955. The quantitative estimate of drug-likeness (QED) is 0.880. The van der Waals surface area contributed by atoms with Gasteiger partial charge in [0, 0.05) is 0 Å². The number of ether oxygens (including phenoxy) is 1. The summed E-state index contributed by atoms with van der Waals surface area (Å²) in [5, 5.41) is 3.11. The molecule has 0 saturated carbocycles. The number of carbonyl (C=O) groups is 2. The molecule has 5 nitrogen and oxygen atoms in total. The molecule has 0 bridgehead atoms. The van der Waals surface area contributed by atoms with Gasteiger partial charge in [0.2, 0.25) is 0 Å². The summed E-state index contributed by atoms with van der Waals surface area (Å²) in [7, 11) is 0. The van der Waals surface area contributed by atoms with Gasteiger partial charge in [0.05, 0.1) is 22.7 Å². The van der Waals surface area contributed by atoms with Crippen molar-refractivity contribution < 1.29 is 18.7 Å². The van der Waals surface area contributed by atoms with Gasteiger partial charge in [-0.05, 0) is 48.2 Å². The number of benzene rings is 2. The first-order valence-electron chi connectivity index (χ1n) is 7.69. The molecule has 0 aromatic heterocycles. The van der Waals surface area contributed by atoms with Crippen molar-refractivity contribution in [2.75, 3.05) is 13.2 Å². The molecular weight excluding hydrogens is 347 g/mol. The van der Waals surface area contributed by atoms with Gasteiger partial charge < -0.3 is 15.8 Å². The van der Waals surface area contributed by atoms with Crippen molar-refractivity contribution in [3.63, 3.8) is 0 Å². The molecule has 1 aliphatic rings. The molecule has 130 valence electrons. The highest BCUT2D eigenvalue weighted by Crippen LogP contribution is 2.36. The monoisotopic (exact) mass is 362 g/mol. The van der Waals surface area contributed by atoms with Crippen LogP contribution in [0, 0.1) is 12.7 Å². The highest BCUT2D eigenvalue weighted by molar-refractivity contribution is 6.33. The minimum Gasteiger partial charge on any atom is -0.489 e. The number of nitrogens with one attached hydrogen (secondary N) is 1. The molecule has 0 atom stereocenters. The highest BCUT2D eigenvalue weighted by atomic mass is 35.5. The van der Waals surface area contributed by atoms with E-state index in [0.717, 1.165) is 11.1 Å². The van der Waals surface area contributed by atoms with Crippen molar-refractivity contribution in [2.45, 2.75) is 13.3 Å². The van der Waals surface area contributed by atoms with E-state index in [2.05, 4.69) is 5.32 Å². The highest BCUT2D eigenvalue weighted by Gasteiger charge is 2.23. The van der Waals surface area contributed by atoms with Crippen LogP contribution >= 0.6 is 11.6 Å². The second-order valence-electron chi connectivity index (χ2n) is 5.81. The van der Waals surface area contributed by atoms with E-state index < -0.39 is 11.7 Å². The molecule has 1 aliphatic heterocycles. The molecular formula is C18H16ClFN2O3. The summed E-state index contributed by atoms with van der Waals surface area (Å²) in [5.41, 5.74) is 7.48. The van der Waals surface area contributed by atoms with Gasteiger partial charge in [-0.15, -0.1) is 0 Å². The number of hydrogen-bond acceptors (Lipinski definition) is 3. The third kappa shape index (κ3) is 3.30. The number of nitrogens with two attached hydrogens (primary N) is 1. The number of primary amides is 1. The molecule has 3 N–H and O–H groups in total. The fraction of sp³-hybridized carbons (Fsp3) is 0.222. The number of rotatable bonds is 3. The molecule has 0 unspecified atom stereocenters. The van der Waals surface area contributed by atoms with Crippen LogP contribution in [0.3, 0.4) is 0 Å². The van der Waals surface area contributed by atoms with Crippen LogP contribution in [0.15, 0.2) is 24.3 Å². The first-order chi connectivity index (χ1) is 11.9. The fourth-order valence-corrected chi connectivity index (χ4v) is 3.05. The molecule has 2 aromatic carbocycles. The van der Waals surface area contributed by atoms with Crippen LogP contribution in [0.2, 0.25) is 5.02 Å². The van der Waals surface area contributed by atoms with Crippen molar-refractivity contribution in [2.24, 2.45) is 5.73 Å². The van der Waals surface area contributed by atoms with Crippen molar-refractivity contribution >= 4 is 23.4 Å². The molecule has 0 saturated heterocycles. The van der Waals surface area contributed by atoms with Gasteiger partial charge in [0.1, 0.15) is 12.4 Å². The van der Waals surface area contributed by atoms with Crippen LogP contribution in [-0.2, 0) is 6.42 Å². The molecule has 25 heavy (non-hydrogen) atoms. The maximum Gasteiger partial charge on any atom is 0.255 e. The summed E-state index contributed by atoms with van der Waals surface area (Å²) in [6.45, 7) is 2.56. The van der Waals surface area contributed by atoms with Crippen LogP contribution in [-0.4, -0.2) is 25.0 Å². The number of hydrogen-bond donors (Lipinski definition) is 2. The predicted molar refractivity (Wildman–Crippen MR) is 91.7 cm³/mol. The van der Waals surface area contributed by atoms with E-state index >= 15 is 0 Å². The summed E-state index contributed by atoms with van der Waals surface area (Å²) in [6.07, 6.45) is 0.349. The molecule has 7 heteroatoms. The van der Waals surface area contributed by atoms with Gasteiger partial charge in [0.15, 0.2) is 5.75 Å². The van der Waals surface area contributed by atoms with Crippen LogP contribution in [0.5, 0.6) is 5.75 Å². The molecule has 2 amide bonds. The Kier molecular flexibility index (Phi) is 4.63. The Bertz CT molecular complexity index is 883. The van der Waals surface area contributed by atoms with Gasteiger partial charge in [-0.25, -0.2) is 4.39 Å². The maximum atomic E-state index is 14.0. The lowest BCUT2D eigenvalue weighted by atomic mass is 9.96. The molecule has 1 heterocycles. The van der Waals surface area contributed by atoms with Crippen LogP contribution in [0.4, 0.5) is 4.39 Å². The number of fused-ring (bicyclic) bond motifs is 1. The second kappa shape index (κ2) is 6.72. The predicted octanol–water partition coefficient (Wildman–Crippen LogP) is 2.60. The third-order valence-electron chi connectivity index (χ3n) is 4.15. The van der Waals surface area contributed by atoms with Gasteiger partial charge in [0.25, 0.3) is 11.8 Å². The minimum atomic E-state index is -0.817. The Morgan fingerprint density at radius 1 is 1.40 bits per heavy atom. The third-order valence-corrected chi connectivity index (χ3v) is 4.60. The zero-order valence-electron chi connectivity index (χ0n) is 13.5. The number of carbonyl (C=O) groups excluding carboxylic acids is 2. The Labute approximate surface area is 148 Å². The number of amides is 2. The van der Waals surface area contributed by atoms with Crippen LogP contribution < -0.4 is 15.8 Å². The summed E-state index contributed by atoms with van der Waals surface area (Å²) >= 11 is 6.38. The largest absolute Gasteiger partial charge is 0.489 e. The van der Waals surface area contributed by atoms with Crippen molar-refractivity contribution in [1.82, 2.24) is 5.32 Å². The van der Waals surface area contributed by atoms with Crippen LogP contribution in [0.25, 0.3) is 0 Å². The second-order valence-corrected chi connectivity index (χ2v) is 6.19. The van der Waals surface area contributed by atoms with Crippen molar-refractivity contribution in [3.05, 3.63) is 62.9 Å². The minimum absolute atomic E-state index is 0.159. The molecule has 3 rings (SSSR count). The smallest absolute Gasteiger partial charge is 0.255 e. The normalized spacial score (nSPS) is 13.5. The van der Waals surface area contributed by atoms with E-state index in [0.29, 0.717) is 41.5 Å². The Morgan fingerprint density at radius 2 is 2.16 bits per heavy atom. The first-order valence-corrected chi connectivity index (χ1v) is 8.07. The molecule has 0 radical (unpaired) electrons. The van der Waals surface area contributed by atoms with Crippen LogP contribution in [0.1, 0.15) is 37.4 Å². The molecule has 0 aliphatic carbocycles. The standard InChI is InChI=1S/C18H16ClFN2O3/c1-9-11(6-10-2-3-12(17(21)23)14(20)7-10)8-13-16(15(9)19)25-5-4-22-18(13)24/h2-3,7-8H,4-6H2,1H3,(H2,21,23)(H,22,24). The maximum absolute atomic E-state index is 14.0. The Hall–Kier alpha value is -2.60. The lowest BCUT2D eigenvalue weighted by Crippen LogP contribution is -2.24. The Morgan fingerprint density at radius 3 is 2.84 bits per heavy atom. The molecule has 2 aromatic rings. The fourth-order valence-electron chi connectivity index (χ4n) is 2.77. The average molecular weight is 363 g/mol. The average Bonchev–Trinajstić information content (AvgIpc) is 2.74. The topological polar surface area (TPSA) is 81.4 Å². The van der Waals surface area contributed by atoms with Crippen molar-refractivity contribution in [3.8, 4) is 5.75 Å². The van der Waals surface area contributed by atoms with E-state index in [4.69, 9.17) is 22.1 Å². The summed E-state index contributed by atoms with van der Waals surface area (Å²) in [5.74, 6) is -1.38. The van der Waals surface area contributed by atoms with E-state index in [1.54, 1.807) is 12.1 Å². The van der Waals surface area contributed by atoms with Gasteiger partial charge in [-0.3, -0.25) is 9.59 Å². The zero-order chi connectivity index (χ0) is 18.1. The summed E-state index contributed by atoms with van der Waals surface area (Å²) in [6, 6.07) is 5.94. The Balaban J connectivity index is 2.01. The van der Waals surface area contributed by atoms with Gasteiger partial charge in [-0.1, -0.05) is 17.7 Å². The summed E-state index contributed by atoms with van der Waals surface area (Å²) < 4.78 is 19.5. The van der Waals surface area contributed by atoms with E-state index in [1.165, 1.54) is 12.1 Å². The van der Waals surface area contributed by atoms with E-state index in [1.807, 2.05) is 6.92 Å². The van der Waals surface area contributed by atoms with Gasteiger partial charge >= 0.3 is 0 Å².